The number of nitrogens with zero attached hydrogens (tertiary/aromatic N) is 2. The second kappa shape index (κ2) is 3.73. The summed E-state index contributed by atoms with van der Waals surface area (Å²) in [6.45, 7) is 0. The van der Waals surface area contributed by atoms with Crippen LogP contribution >= 0.6 is 0 Å². The molecule has 0 N–H and O–H groups in total. The first-order valence-electron chi connectivity index (χ1n) is 5.54. The Morgan fingerprint density at radius 1 is 1.24 bits per heavy atom. The van der Waals surface area contributed by atoms with E-state index in [0.29, 0.717) is 6.42 Å². The number of carbonyl (C=O) groups is 1. The van der Waals surface area contributed by atoms with Crippen LogP contribution in [0.3, 0.4) is 0 Å². The average molecular weight is 228 g/mol. The van der Waals surface area contributed by atoms with Crippen LogP contribution in [-0.4, -0.2) is 22.7 Å². The third-order valence-electron chi connectivity index (χ3n) is 3.08. The van der Waals surface area contributed by atoms with Crippen LogP contribution in [0.5, 0.6) is 5.75 Å². The first kappa shape index (κ1) is 10.1. The second-order valence-corrected chi connectivity index (χ2v) is 4.04. The smallest absolute Gasteiger partial charge is 0.166 e. The van der Waals surface area contributed by atoms with Crippen LogP contribution in [-0.2, 0) is 6.42 Å². The van der Waals surface area contributed by atoms with Gasteiger partial charge in [-0.1, -0.05) is 0 Å². The van der Waals surface area contributed by atoms with E-state index in [1.54, 1.807) is 13.3 Å². The molecule has 0 unspecified atom stereocenters. The first-order chi connectivity index (χ1) is 8.29. The predicted molar refractivity (Wildman–Crippen MR) is 62.8 cm³/mol. The molecule has 0 radical (unpaired) electrons. The minimum atomic E-state index is 0.194. The van der Waals surface area contributed by atoms with Crippen LogP contribution in [0.25, 0.3) is 5.69 Å². The van der Waals surface area contributed by atoms with Gasteiger partial charge < -0.3 is 4.74 Å². The molecule has 4 heteroatoms. The number of ether oxygens (including phenoxy) is 1. The number of ketones is 1. The van der Waals surface area contributed by atoms with Gasteiger partial charge in [-0.15, -0.1) is 0 Å². The molecular formula is C13H12N2O2. The highest BCUT2D eigenvalue weighted by Gasteiger charge is 2.24. The lowest BCUT2D eigenvalue weighted by Gasteiger charge is -2.06. The Labute approximate surface area is 98.8 Å². The monoisotopic (exact) mass is 228 g/mol. The maximum Gasteiger partial charge on any atom is 0.166 e. The molecule has 0 fully saturated rings. The predicted octanol–water partition coefficient (Wildman–Crippen LogP) is 2.01. The van der Waals surface area contributed by atoms with Crippen molar-refractivity contribution in [2.24, 2.45) is 0 Å². The SMILES string of the molecule is COc1ccc(-n2ncc3c2CCC3=O)cc1. The summed E-state index contributed by atoms with van der Waals surface area (Å²) >= 11 is 0. The summed E-state index contributed by atoms with van der Waals surface area (Å²) in [7, 11) is 1.64. The van der Waals surface area contributed by atoms with E-state index in [9.17, 15) is 4.79 Å². The van der Waals surface area contributed by atoms with Crippen molar-refractivity contribution in [1.29, 1.82) is 0 Å². The summed E-state index contributed by atoms with van der Waals surface area (Å²) in [4.78, 5) is 11.5. The first-order valence-corrected chi connectivity index (χ1v) is 5.54. The van der Waals surface area contributed by atoms with Crippen molar-refractivity contribution in [3.8, 4) is 11.4 Å². The fourth-order valence-corrected chi connectivity index (χ4v) is 2.16. The normalized spacial score (nSPS) is 13.8. The van der Waals surface area contributed by atoms with Gasteiger partial charge in [0, 0.05) is 6.42 Å². The van der Waals surface area contributed by atoms with Crippen LogP contribution in [0.15, 0.2) is 30.5 Å². The fraction of sp³-hybridized carbons (Fsp3) is 0.231. The highest BCUT2D eigenvalue weighted by atomic mass is 16.5. The van der Waals surface area contributed by atoms with E-state index in [0.717, 1.165) is 29.1 Å². The molecule has 0 bridgehead atoms. The summed E-state index contributed by atoms with van der Waals surface area (Å²) in [5.74, 6) is 1.01. The number of aromatic nitrogens is 2. The molecule has 0 saturated carbocycles. The molecule has 0 aliphatic heterocycles. The molecule has 4 nitrogen and oxygen atoms in total. The third kappa shape index (κ3) is 1.53. The Morgan fingerprint density at radius 3 is 2.71 bits per heavy atom. The molecule has 1 aromatic heterocycles. The molecule has 2 aromatic rings. The Morgan fingerprint density at radius 2 is 2.00 bits per heavy atom. The van der Waals surface area contributed by atoms with Gasteiger partial charge in [-0.3, -0.25) is 4.79 Å². The number of hydrogen-bond donors (Lipinski definition) is 0. The van der Waals surface area contributed by atoms with Gasteiger partial charge in [0.25, 0.3) is 0 Å². The van der Waals surface area contributed by atoms with E-state index in [-0.39, 0.29) is 5.78 Å². The number of fused-ring (bicyclic) bond motifs is 1. The number of hydrogen-bond acceptors (Lipinski definition) is 3. The van der Waals surface area contributed by atoms with E-state index >= 15 is 0 Å². The van der Waals surface area contributed by atoms with Gasteiger partial charge >= 0.3 is 0 Å². The molecule has 3 rings (SSSR count). The lowest BCUT2D eigenvalue weighted by molar-refractivity contribution is 0.0994. The summed E-state index contributed by atoms with van der Waals surface area (Å²) in [6.07, 6.45) is 3.04. The molecule has 0 amide bonds. The highest BCUT2D eigenvalue weighted by Crippen LogP contribution is 2.24. The van der Waals surface area contributed by atoms with Crippen LogP contribution in [0.1, 0.15) is 22.5 Å². The third-order valence-corrected chi connectivity index (χ3v) is 3.08. The van der Waals surface area contributed by atoms with Crippen molar-refractivity contribution in [2.45, 2.75) is 12.8 Å². The summed E-state index contributed by atoms with van der Waals surface area (Å²) < 4.78 is 6.95. The molecule has 0 atom stereocenters. The van der Waals surface area contributed by atoms with Crippen molar-refractivity contribution >= 4 is 5.78 Å². The summed E-state index contributed by atoms with van der Waals surface area (Å²) in [5.41, 5.74) is 2.74. The second-order valence-electron chi connectivity index (χ2n) is 4.04. The zero-order chi connectivity index (χ0) is 11.8. The lowest BCUT2D eigenvalue weighted by atomic mass is 10.2. The Hall–Kier alpha value is -2.10. The van der Waals surface area contributed by atoms with Gasteiger partial charge in [0.05, 0.1) is 30.3 Å². The molecule has 1 aliphatic rings. The van der Waals surface area contributed by atoms with E-state index in [2.05, 4.69) is 5.10 Å². The number of Topliss-reactive ketones (excluding diaryl/α,β-unsaturated/α-hetero) is 1. The number of carbonyl (C=O) groups excluding carboxylic acids is 1. The van der Waals surface area contributed by atoms with Gasteiger partial charge in [0.2, 0.25) is 0 Å². The van der Waals surface area contributed by atoms with Gasteiger partial charge in [-0.05, 0) is 30.7 Å². The van der Waals surface area contributed by atoms with Gasteiger partial charge in [-0.2, -0.15) is 5.10 Å². The fourth-order valence-electron chi connectivity index (χ4n) is 2.16. The van der Waals surface area contributed by atoms with Crippen LogP contribution in [0, 0.1) is 0 Å². The van der Waals surface area contributed by atoms with Crippen LogP contribution in [0.4, 0.5) is 0 Å². The lowest BCUT2D eigenvalue weighted by Crippen LogP contribution is -2.00. The van der Waals surface area contributed by atoms with E-state index in [1.807, 2.05) is 28.9 Å². The average Bonchev–Trinajstić information content (AvgIpc) is 2.93. The zero-order valence-corrected chi connectivity index (χ0v) is 9.51. The minimum Gasteiger partial charge on any atom is -0.497 e. The molecular weight excluding hydrogens is 216 g/mol. The molecule has 0 spiro atoms. The van der Waals surface area contributed by atoms with Crippen molar-refractivity contribution in [1.82, 2.24) is 9.78 Å². The Balaban J connectivity index is 2.04. The number of rotatable bonds is 2. The standard InChI is InChI=1S/C13H12N2O2/c1-17-10-4-2-9(3-5-10)15-12-6-7-13(16)11(12)8-14-15/h2-5,8H,6-7H2,1H3. The quantitative estimate of drug-likeness (QED) is 0.789. The van der Waals surface area contributed by atoms with E-state index < -0.39 is 0 Å². The molecule has 17 heavy (non-hydrogen) atoms. The van der Waals surface area contributed by atoms with Crippen molar-refractivity contribution < 1.29 is 9.53 Å². The number of methoxy groups -OCH3 is 1. The summed E-state index contributed by atoms with van der Waals surface area (Å²) in [5, 5.41) is 4.27. The van der Waals surface area contributed by atoms with E-state index in [4.69, 9.17) is 4.74 Å². The Bertz CT molecular complexity index is 570. The molecule has 1 aromatic carbocycles. The van der Waals surface area contributed by atoms with Gasteiger partial charge in [0.15, 0.2) is 5.78 Å². The van der Waals surface area contributed by atoms with Crippen molar-refractivity contribution in [3.05, 3.63) is 41.7 Å². The van der Waals surface area contributed by atoms with Crippen molar-refractivity contribution in [3.63, 3.8) is 0 Å². The zero-order valence-electron chi connectivity index (χ0n) is 9.51. The van der Waals surface area contributed by atoms with Crippen molar-refractivity contribution in [2.75, 3.05) is 7.11 Å². The molecule has 86 valence electrons. The number of benzene rings is 1. The van der Waals surface area contributed by atoms with Crippen LogP contribution in [0.2, 0.25) is 0 Å². The van der Waals surface area contributed by atoms with Gasteiger partial charge in [0.1, 0.15) is 5.75 Å². The minimum absolute atomic E-state index is 0.194. The largest absolute Gasteiger partial charge is 0.497 e. The molecule has 1 heterocycles. The molecule has 1 aliphatic carbocycles. The topological polar surface area (TPSA) is 44.1 Å². The molecule has 0 saturated heterocycles. The van der Waals surface area contributed by atoms with E-state index in [1.165, 1.54) is 0 Å². The van der Waals surface area contributed by atoms with Crippen LogP contribution < -0.4 is 4.74 Å². The maximum atomic E-state index is 11.5. The highest BCUT2D eigenvalue weighted by molar-refractivity contribution is 5.99. The maximum absolute atomic E-state index is 11.5. The summed E-state index contributed by atoms with van der Waals surface area (Å²) in [6, 6.07) is 7.66. The Kier molecular flexibility index (Phi) is 2.21. The van der Waals surface area contributed by atoms with Gasteiger partial charge in [-0.25, -0.2) is 4.68 Å².